The quantitative estimate of drug-likeness (QED) is 0.731. The third kappa shape index (κ3) is 3.47. The number of piperazine rings is 1. The van der Waals surface area contributed by atoms with Gasteiger partial charge in [0.25, 0.3) is 0 Å². The van der Waals surface area contributed by atoms with Crippen LogP contribution in [0.25, 0.3) is 0 Å². The molecule has 0 spiro atoms. The van der Waals surface area contributed by atoms with Gasteiger partial charge in [0.1, 0.15) is 0 Å². The fourth-order valence-corrected chi connectivity index (χ4v) is 2.09. The first-order chi connectivity index (χ1) is 6.95. The molecule has 1 atom stereocenters. The predicted octanol–water partition coefficient (Wildman–Crippen LogP) is 0.923. The smallest absolute Gasteiger partial charge is 0.304 e. The topological polar surface area (TPSA) is 52.6 Å². The molecule has 2 N–H and O–H groups in total. The summed E-state index contributed by atoms with van der Waals surface area (Å²) in [6, 6.07) is 0.0991. The first-order valence-corrected chi connectivity index (χ1v) is 5.66. The van der Waals surface area contributed by atoms with Gasteiger partial charge < -0.3 is 10.4 Å². The van der Waals surface area contributed by atoms with E-state index in [9.17, 15) is 4.79 Å². The Morgan fingerprint density at radius 2 is 2.27 bits per heavy atom. The highest BCUT2D eigenvalue weighted by Gasteiger charge is 2.33. The van der Waals surface area contributed by atoms with E-state index >= 15 is 0 Å². The molecule has 4 nitrogen and oxygen atoms in total. The summed E-state index contributed by atoms with van der Waals surface area (Å²) in [5.74, 6) is -0.719. The van der Waals surface area contributed by atoms with Crippen LogP contribution in [0.5, 0.6) is 0 Å². The molecular weight excluding hydrogens is 192 g/mol. The Labute approximate surface area is 91.6 Å². The van der Waals surface area contributed by atoms with Gasteiger partial charge in [0, 0.05) is 24.7 Å². The van der Waals surface area contributed by atoms with Crippen LogP contribution in [-0.4, -0.2) is 47.2 Å². The zero-order chi connectivity index (χ0) is 11.5. The summed E-state index contributed by atoms with van der Waals surface area (Å²) in [6.07, 6.45) is 1.33. The first kappa shape index (κ1) is 12.5. The fourth-order valence-electron chi connectivity index (χ4n) is 2.09. The number of nitrogens with zero attached hydrogens (tertiary/aromatic N) is 1. The molecular formula is C11H22N2O2. The molecule has 88 valence electrons. The van der Waals surface area contributed by atoms with Crippen LogP contribution in [0.15, 0.2) is 0 Å². The molecule has 1 aliphatic rings. The zero-order valence-corrected chi connectivity index (χ0v) is 9.92. The fraction of sp³-hybridized carbons (Fsp3) is 0.909. The second-order valence-corrected chi connectivity index (χ2v) is 4.93. The summed E-state index contributed by atoms with van der Waals surface area (Å²) in [7, 11) is 0. The standard InChI is InChI=1S/C11H22N2O2/c1-4-5-13-7-9(6-10(14)15)12-8-11(13,2)3/h9,12H,4-8H2,1-3H3,(H,14,15). The molecule has 1 rings (SSSR count). The lowest BCUT2D eigenvalue weighted by Crippen LogP contribution is -2.62. The molecule has 1 fully saturated rings. The van der Waals surface area contributed by atoms with Gasteiger partial charge in [-0.1, -0.05) is 6.92 Å². The molecule has 0 radical (unpaired) electrons. The Bertz CT molecular complexity index is 229. The van der Waals surface area contributed by atoms with Crippen LogP contribution in [0.4, 0.5) is 0 Å². The number of rotatable bonds is 4. The minimum atomic E-state index is -0.719. The summed E-state index contributed by atoms with van der Waals surface area (Å²) in [4.78, 5) is 13.0. The third-order valence-corrected chi connectivity index (χ3v) is 3.03. The van der Waals surface area contributed by atoms with Crippen LogP contribution < -0.4 is 5.32 Å². The van der Waals surface area contributed by atoms with E-state index in [1.54, 1.807) is 0 Å². The van der Waals surface area contributed by atoms with Crippen molar-refractivity contribution in [3.8, 4) is 0 Å². The van der Waals surface area contributed by atoms with Gasteiger partial charge in [-0.05, 0) is 26.8 Å². The van der Waals surface area contributed by atoms with Crippen LogP contribution in [0.3, 0.4) is 0 Å². The van der Waals surface area contributed by atoms with Gasteiger partial charge in [-0.3, -0.25) is 9.69 Å². The number of aliphatic carboxylic acids is 1. The largest absolute Gasteiger partial charge is 0.481 e. The van der Waals surface area contributed by atoms with Crippen LogP contribution in [-0.2, 0) is 4.79 Å². The lowest BCUT2D eigenvalue weighted by molar-refractivity contribution is -0.138. The summed E-state index contributed by atoms with van der Waals surface area (Å²) in [6.45, 7) is 9.31. The highest BCUT2D eigenvalue weighted by Crippen LogP contribution is 2.19. The Kier molecular flexibility index (Phi) is 4.11. The van der Waals surface area contributed by atoms with Crippen molar-refractivity contribution in [1.29, 1.82) is 0 Å². The molecule has 0 aromatic rings. The molecule has 1 saturated heterocycles. The monoisotopic (exact) mass is 214 g/mol. The van der Waals surface area contributed by atoms with Crippen molar-refractivity contribution in [3.63, 3.8) is 0 Å². The van der Waals surface area contributed by atoms with Crippen molar-refractivity contribution in [2.45, 2.75) is 45.2 Å². The molecule has 4 heteroatoms. The van der Waals surface area contributed by atoms with E-state index in [1.807, 2.05) is 0 Å². The SMILES string of the molecule is CCCN1CC(CC(=O)O)NCC1(C)C. The molecule has 1 heterocycles. The first-order valence-electron chi connectivity index (χ1n) is 5.66. The normalized spacial score (nSPS) is 26.5. The summed E-state index contributed by atoms with van der Waals surface area (Å²) in [5, 5.41) is 12.1. The van der Waals surface area contributed by atoms with Crippen molar-refractivity contribution in [2.75, 3.05) is 19.6 Å². The van der Waals surface area contributed by atoms with E-state index in [-0.39, 0.29) is 18.0 Å². The summed E-state index contributed by atoms with van der Waals surface area (Å²) < 4.78 is 0. The number of nitrogens with one attached hydrogen (secondary N) is 1. The number of hydrogen-bond acceptors (Lipinski definition) is 3. The van der Waals surface area contributed by atoms with Gasteiger partial charge in [0.05, 0.1) is 6.42 Å². The maximum Gasteiger partial charge on any atom is 0.304 e. The van der Waals surface area contributed by atoms with Gasteiger partial charge in [-0.2, -0.15) is 0 Å². The van der Waals surface area contributed by atoms with Crippen LogP contribution in [0.1, 0.15) is 33.6 Å². The highest BCUT2D eigenvalue weighted by molar-refractivity contribution is 5.67. The highest BCUT2D eigenvalue weighted by atomic mass is 16.4. The average molecular weight is 214 g/mol. The second-order valence-electron chi connectivity index (χ2n) is 4.93. The molecule has 0 amide bonds. The summed E-state index contributed by atoms with van der Waals surface area (Å²) in [5.41, 5.74) is 0.144. The molecule has 1 aliphatic heterocycles. The minimum Gasteiger partial charge on any atom is -0.481 e. The van der Waals surface area contributed by atoms with Gasteiger partial charge in [-0.25, -0.2) is 0 Å². The molecule has 0 saturated carbocycles. The van der Waals surface area contributed by atoms with Crippen LogP contribution in [0, 0.1) is 0 Å². The number of carboxylic acid groups (broad SMARTS) is 1. The van der Waals surface area contributed by atoms with E-state index in [4.69, 9.17) is 5.11 Å². The maximum atomic E-state index is 10.6. The maximum absolute atomic E-state index is 10.6. The van der Waals surface area contributed by atoms with Crippen molar-refractivity contribution in [1.82, 2.24) is 10.2 Å². The van der Waals surface area contributed by atoms with Crippen molar-refractivity contribution in [3.05, 3.63) is 0 Å². The Morgan fingerprint density at radius 1 is 1.60 bits per heavy atom. The predicted molar refractivity (Wildman–Crippen MR) is 60.0 cm³/mol. The van der Waals surface area contributed by atoms with Gasteiger partial charge in [0.15, 0.2) is 0 Å². The van der Waals surface area contributed by atoms with Crippen LogP contribution in [0.2, 0.25) is 0 Å². The lowest BCUT2D eigenvalue weighted by Gasteiger charge is -2.46. The zero-order valence-electron chi connectivity index (χ0n) is 9.92. The molecule has 1 unspecified atom stereocenters. The van der Waals surface area contributed by atoms with E-state index in [2.05, 4.69) is 31.0 Å². The van der Waals surface area contributed by atoms with Crippen molar-refractivity contribution in [2.24, 2.45) is 0 Å². The molecule has 0 bridgehead atoms. The van der Waals surface area contributed by atoms with Gasteiger partial charge >= 0.3 is 5.97 Å². The second kappa shape index (κ2) is 4.94. The Balaban J connectivity index is 2.54. The Hall–Kier alpha value is -0.610. The third-order valence-electron chi connectivity index (χ3n) is 3.03. The van der Waals surface area contributed by atoms with E-state index in [1.165, 1.54) is 0 Å². The molecule has 0 aliphatic carbocycles. The minimum absolute atomic E-state index is 0.0991. The van der Waals surface area contributed by atoms with E-state index < -0.39 is 5.97 Å². The molecule has 0 aromatic carbocycles. The van der Waals surface area contributed by atoms with Gasteiger partial charge in [-0.15, -0.1) is 0 Å². The van der Waals surface area contributed by atoms with E-state index in [0.717, 1.165) is 26.1 Å². The molecule has 15 heavy (non-hydrogen) atoms. The van der Waals surface area contributed by atoms with Crippen LogP contribution >= 0.6 is 0 Å². The average Bonchev–Trinajstić information content (AvgIpc) is 2.11. The summed E-state index contributed by atoms with van der Waals surface area (Å²) >= 11 is 0. The lowest BCUT2D eigenvalue weighted by atomic mass is 9.96. The van der Waals surface area contributed by atoms with Crippen molar-refractivity contribution >= 4 is 5.97 Å². The number of hydrogen-bond donors (Lipinski definition) is 2. The Morgan fingerprint density at radius 3 is 2.80 bits per heavy atom. The van der Waals surface area contributed by atoms with E-state index in [0.29, 0.717) is 0 Å². The number of carbonyl (C=O) groups is 1. The molecule has 0 aromatic heterocycles. The van der Waals surface area contributed by atoms with Gasteiger partial charge in [0.2, 0.25) is 0 Å². The van der Waals surface area contributed by atoms with Crippen molar-refractivity contribution < 1.29 is 9.90 Å². The number of carboxylic acids is 1.